The number of carboxylic acid groups (broad SMARTS) is 1. The van der Waals surface area contributed by atoms with Crippen LogP contribution in [0.25, 0.3) is 0 Å². The van der Waals surface area contributed by atoms with Crippen molar-refractivity contribution in [2.24, 2.45) is 0 Å². The molecule has 2 aromatic rings. The second-order valence-electron chi connectivity index (χ2n) is 4.00. The topological polar surface area (TPSA) is 92.4 Å². The molecule has 0 atom stereocenters. The molecule has 0 aliphatic heterocycles. The molecule has 0 saturated heterocycles. The molecule has 2 aromatic heterocycles. The maximum absolute atomic E-state index is 11.8. The van der Waals surface area contributed by atoms with Gasteiger partial charge >= 0.3 is 5.97 Å². The molecule has 100 valence electrons. The van der Waals surface area contributed by atoms with E-state index in [4.69, 9.17) is 9.63 Å². The summed E-state index contributed by atoms with van der Waals surface area (Å²) in [7, 11) is 0. The van der Waals surface area contributed by atoms with Crippen LogP contribution in [0.15, 0.2) is 16.7 Å². The first-order chi connectivity index (χ1) is 8.97. The van der Waals surface area contributed by atoms with Gasteiger partial charge in [-0.3, -0.25) is 4.79 Å². The maximum Gasteiger partial charge on any atom is 0.345 e. The van der Waals surface area contributed by atoms with Gasteiger partial charge in [-0.05, 0) is 26.0 Å². The molecule has 0 aliphatic carbocycles. The van der Waals surface area contributed by atoms with Crippen molar-refractivity contribution in [3.8, 4) is 0 Å². The Morgan fingerprint density at radius 1 is 1.42 bits per heavy atom. The summed E-state index contributed by atoms with van der Waals surface area (Å²) in [6, 6.07) is 3.03. The van der Waals surface area contributed by atoms with Crippen molar-refractivity contribution in [3.63, 3.8) is 0 Å². The van der Waals surface area contributed by atoms with Gasteiger partial charge in [-0.1, -0.05) is 5.16 Å². The van der Waals surface area contributed by atoms with Crippen LogP contribution < -0.4 is 5.32 Å². The molecule has 6 nitrogen and oxygen atoms in total. The highest BCUT2D eigenvalue weighted by Crippen LogP contribution is 2.22. The van der Waals surface area contributed by atoms with E-state index in [1.54, 1.807) is 19.9 Å². The zero-order valence-corrected chi connectivity index (χ0v) is 11.2. The van der Waals surface area contributed by atoms with E-state index in [-0.39, 0.29) is 17.2 Å². The average molecular weight is 280 g/mol. The van der Waals surface area contributed by atoms with Crippen molar-refractivity contribution in [1.29, 1.82) is 0 Å². The van der Waals surface area contributed by atoms with E-state index in [0.717, 1.165) is 16.9 Å². The number of aromatic carboxylic acids is 1. The van der Waals surface area contributed by atoms with Crippen molar-refractivity contribution in [3.05, 3.63) is 34.0 Å². The van der Waals surface area contributed by atoms with Crippen LogP contribution >= 0.6 is 11.3 Å². The van der Waals surface area contributed by atoms with Gasteiger partial charge in [0.1, 0.15) is 10.6 Å². The zero-order chi connectivity index (χ0) is 14.0. The van der Waals surface area contributed by atoms with Gasteiger partial charge in [-0.15, -0.1) is 11.3 Å². The average Bonchev–Trinajstić information content (AvgIpc) is 2.91. The number of nitrogens with zero attached hydrogens (tertiary/aromatic N) is 1. The van der Waals surface area contributed by atoms with Gasteiger partial charge in [-0.25, -0.2) is 4.79 Å². The molecule has 0 aromatic carbocycles. The van der Waals surface area contributed by atoms with Crippen molar-refractivity contribution in [2.45, 2.75) is 20.3 Å². The van der Waals surface area contributed by atoms with Gasteiger partial charge in [0.05, 0.1) is 17.1 Å². The molecule has 0 fully saturated rings. The predicted octanol–water partition coefficient (Wildman–Crippen LogP) is 2.23. The Balaban J connectivity index is 2.03. The van der Waals surface area contributed by atoms with Gasteiger partial charge in [0.25, 0.3) is 0 Å². The van der Waals surface area contributed by atoms with Crippen LogP contribution in [0.3, 0.4) is 0 Å². The van der Waals surface area contributed by atoms with E-state index in [0.29, 0.717) is 16.5 Å². The molecule has 2 rings (SSSR count). The standard InChI is InChI=1S/C12H12N2O4S/c1-6-8(7(2)18-14-6)5-10(15)13-11-4-3-9(19-11)12(16)17/h3-4H,5H2,1-2H3,(H,13,15)(H,16,17). The summed E-state index contributed by atoms with van der Waals surface area (Å²) in [4.78, 5) is 22.8. The van der Waals surface area contributed by atoms with Crippen LogP contribution in [-0.4, -0.2) is 22.1 Å². The Hall–Kier alpha value is -2.15. The summed E-state index contributed by atoms with van der Waals surface area (Å²) in [5.41, 5.74) is 1.44. The summed E-state index contributed by atoms with van der Waals surface area (Å²) in [5, 5.41) is 15.7. The lowest BCUT2D eigenvalue weighted by molar-refractivity contribution is -0.115. The molecular formula is C12H12N2O4S. The molecule has 2 heterocycles. The number of carboxylic acids is 1. The molecule has 0 aliphatic rings. The van der Waals surface area contributed by atoms with Gasteiger partial charge in [0.15, 0.2) is 0 Å². The van der Waals surface area contributed by atoms with Gasteiger partial charge in [-0.2, -0.15) is 0 Å². The predicted molar refractivity (Wildman–Crippen MR) is 69.6 cm³/mol. The van der Waals surface area contributed by atoms with Crippen molar-refractivity contribution in [2.75, 3.05) is 5.32 Å². The molecule has 19 heavy (non-hydrogen) atoms. The van der Waals surface area contributed by atoms with E-state index >= 15 is 0 Å². The highest BCUT2D eigenvalue weighted by Gasteiger charge is 2.14. The highest BCUT2D eigenvalue weighted by atomic mass is 32.1. The van der Waals surface area contributed by atoms with Crippen LogP contribution in [0.4, 0.5) is 5.00 Å². The number of aromatic nitrogens is 1. The third kappa shape index (κ3) is 3.00. The number of hydrogen-bond acceptors (Lipinski definition) is 5. The minimum Gasteiger partial charge on any atom is -0.477 e. The quantitative estimate of drug-likeness (QED) is 0.896. The van der Waals surface area contributed by atoms with E-state index in [9.17, 15) is 9.59 Å². The lowest BCUT2D eigenvalue weighted by atomic mass is 10.1. The van der Waals surface area contributed by atoms with E-state index < -0.39 is 5.97 Å². The highest BCUT2D eigenvalue weighted by molar-refractivity contribution is 7.18. The summed E-state index contributed by atoms with van der Waals surface area (Å²) in [6.45, 7) is 3.52. The number of anilines is 1. The minimum atomic E-state index is -1.00. The Bertz CT molecular complexity index is 610. The third-order valence-corrected chi connectivity index (χ3v) is 3.59. The molecule has 0 unspecified atom stereocenters. The van der Waals surface area contributed by atoms with Gasteiger partial charge in [0, 0.05) is 5.56 Å². The molecule has 7 heteroatoms. The smallest absolute Gasteiger partial charge is 0.345 e. The fourth-order valence-electron chi connectivity index (χ4n) is 1.62. The summed E-state index contributed by atoms with van der Waals surface area (Å²) in [5.74, 6) is -0.616. The number of aryl methyl sites for hydroxylation is 2. The Morgan fingerprint density at radius 2 is 2.16 bits per heavy atom. The minimum absolute atomic E-state index is 0.154. The normalized spacial score (nSPS) is 10.4. The first-order valence-corrected chi connectivity index (χ1v) is 6.33. The van der Waals surface area contributed by atoms with Crippen molar-refractivity contribution < 1.29 is 19.2 Å². The van der Waals surface area contributed by atoms with Gasteiger partial charge in [0.2, 0.25) is 5.91 Å². The third-order valence-electron chi connectivity index (χ3n) is 2.60. The SMILES string of the molecule is Cc1noc(C)c1CC(=O)Nc1ccc(C(=O)O)s1. The first-order valence-electron chi connectivity index (χ1n) is 5.52. The van der Waals surface area contributed by atoms with Crippen LogP contribution in [0.1, 0.15) is 26.7 Å². The molecule has 0 saturated carbocycles. The molecule has 0 bridgehead atoms. The number of carbonyl (C=O) groups is 2. The van der Waals surface area contributed by atoms with Crippen LogP contribution in [0, 0.1) is 13.8 Å². The number of rotatable bonds is 4. The summed E-state index contributed by atoms with van der Waals surface area (Å²) >= 11 is 1.02. The number of amides is 1. The number of thiophene rings is 1. The second kappa shape index (κ2) is 5.23. The molecule has 0 radical (unpaired) electrons. The van der Waals surface area contributed by atoms with E-state index in [2.05, 4.69) is 10.5 Å². The summed E-state index contributed by atoms with van der Waals surface area (Å²) in [6.07, 6.45) is 0.154. The summed E-state index contributed by atoms with van der Waals surface area (Å²) < 4.78 is 4.98. The van der Waals surface area contributed by atoms with Gasteiger partial charge < -0.3 is 14.9 Å². The zero-order valence-electron chi connectivity index (χ0n) is 10.4. The largest absolute Gasteiger partial charge is 0.477 e. The molecular weight excluding hydrogens is 268 g/mol. The molecule has 2 N–H and O–H groups in total. The number of nitrogens with one attached hydrogen (secondary N) is 1. The Morgan fingerprint density at radius 3 is 2.68 bits per heavy atom. The lowest BCUT2D eigenvalue weighted by Crippen LogP contribution is -2.14. The van der Waals surface area contributed by atoms with E-state index in [1.165, 1.54) is 6.07 Å². The Kier molecular flexibility index (Phi) is 3.66. The lowest BCUT2D eigenvalue weighted by Gasteiger charge is -2.01. The molecule has 1 amide bonds. The van der Waals surface area contributed by atoms with Crippen molar-refractivity contribution >= 4 is 28.2 Å². The monoisotopic (exact) mass is 280 g/mol. The Labute approximate surface area is 113 Å². The molecule has 0 spiro atoms. The van der Waals surface area contributed by atoms with Crippen LogP contribution in [0.5, 0.6) is 0 Å². The first kappa shape index (κ1) is 13.3. The number of carbonyl (C=O) groups excluding carboxylic acids is 1. The second-order valence-corrected chi connectivity index (χ2v) is 5.08. The van der Waals surface area contributed by atoms with Crippen molar-refractivity contribution in [1.82, 2.24) is 5.16 Å². The number of hydrogen-bond donors (Lipinski definition) is 2. The fraction of sp³-hybridized carbons (Fsp3) is 0.250. The van der Waals surface area contributed by atoms with E-state index in [1.807, 2.05) is 0 Å². The fourth-order valence-corrected chi connectivity index (χ4v) is 2.38. The van der Waals surface area contributed by atoms with Crippen LogP contribution in [0.2, 0.25) is 0 Å². The van der Waals surface area contributed by atoms with Crippen LogP contribution in [-0.2, 0) is 11.2 Å². The maximum atomic E-state index is 11.8.